The zero-order chi connectivity index (χ0) is 17.2. The molecule has 0 aliphatic carbocycles. The molecule has 4 aromatic rings. The van der Waals surface area contributed by atoms with Crippen molar-refractivity contribution in [3.05, 3.63) is 58.5 Å². The van der Waals surface area contributed by atoms with Crippen molar-refractivity contribution in [1.29, 1.82) is 0 Å². The van der Waals surface area contributed by atoms with Crippen LogP contribution < -0.4 is 11.2 Å². The highest BCUT2D eigenvalue weighted by Crippen LogP contribution is 2.39. The van der Waals surface area contributed by atoms with E-state index >= 15 is 0 Å². The minimum Gasteiger partial charge on any atom is -0.399 e. The molecular formula is C18H15N5S2. The Bertz CT molecular complexity index is 1030. The second-order valence-electron chi connectivity index (χ2n) is 5.46. The molecule has 0 aliphatic rings. The summed E-state index contributed by atoms with van der Waals surface area (Å²) in [5, 5.41) is 6.31. The molecule has 0 saturated heterocycles. The van der Waals surface area contributed by atoms with Crippen molar-refractivity contribution >= 4 is 50.6 Å². The summed E-state index contributed by atoms with van der Waals surface area (Å²) in [6, 6.07) is 11.9. The number of fused-ring (bicyclic) bond motifs is 1. The summed E-state index contributed by atoms with van der Waals surface area (Å²) in [6.45, 7) is 2.08. The largest absolute Gasteiger partial charge is 0.399 e. The topological polar surface area (TPSA) is 76.2 Å². The van der Waals surface area contributed by atoms with E-state index in [1.807, 2.05) is 41.8 Å². The van der Waals surface area contributed by atoms with Crippen LogP contribution in [0.1, 0.15) is 10.4 Å². The van der Waals surface area contributed by atoms with E-state index in [4.69, 9.17) is 5.73 Å². The number of hydrogen-bond donors (Lipinski definition) is 2. The van der Waals surface area contributed by atoms with Gasteiger partial charge in [-0.2, -0.15) is 5.10 Å². The van der Waals surface area contributed by atoms with E-state index in [0.29, 0.717) is 5.82 Å². The van der Waals surface area contributed by atoms with Crippen LogP contribution in [0.3, 0.4) is 0 Å². The number of aryl methyl sites for hydroxylation is 1. The van der Waals surface area contributed by atoms with Gasteiger partial charge in [0.25, 0.3) is 0 Å². The van der Waals surface area contributed by atoms with Crippen molar-refractivity contribution in [2.45, 2.75) is 6.92 Å². The van der Waals surface area contributed by atoms with Crippen LogP contribution in [0.5, 0.6) is 0 Å². The fraction of sp³-hybridized carbons (Fsp3) is 0.0556. The molecular weight excluding hydrogens is 350 g/mol. The van der Waals surface area contributed by atoms with Crippen molar-refractivity contribution in [2.75, 3.05) is 11.2 Å². The Balaban J connectivity index is 1.71. The van der Waals surface area contributed by atoms with Gasteiger partial charge in [-0.1, -0.05) is 18.2 Å². The Labute approximate surface area is 152 Å². The number of benzene rings is 1. The summed E-state index contributed by atoms with van der Waals surface area (Å²) in [4.78, 5) is 11.0. The smallest absolute Gasteiger partial charge is 0.167 e. The minimum absolute atomic E-state index is 0.715. The lowest BCUT2D eigenvalue weighted by molar-refractivity contribution is 1.18. The van der Waals surface area contributed by atoms with Crippen LogP contribution in [-0.4, -0.2) is 16.2 Å². The van der Waals surface area contributed by atoms with Crippen LogP contribution in [0.15, 0.2) is 53.2 Å². The number of nitrogens with zero attached hydrogens (tertiary/aromatic N) is 3. The van der Waals surface area contributed by atoms with Crippen LogP contribution in [0.25, 0.3) is 20.7 Å². The Morgan fingerprint density at radius 2 is 2.00 bits per heavy atom. The van der Waals surface area contributed by atoms with E-state index < -0.39 is 0 Å². The van der Waals surface area contributed by atoms with E-state index in [9.17, 15) is 0 Å². The number of anilines is 2. The van der Waals surface area contributed by atoms with E-state index in [-0.39, 0.29) is 0 Å². The van der Waals surface area contributed by atoms with Gasteiger partial charge in [0.05, 0.1) is 16.4 Å². The van der Waals surface area contributed by atoms with Gasteiger partial charge < -0.3 is 5.73 Å². The maximum absolute atomic E-state index is 5.79. The first-order valence-corrected chi connectivity index (χ1v) is 9.34. The predicted octanol–water partition coefficient (Wildman–Crippen LogP) is 4.76. The van der Waals surface area contributed by atoms with Gasteiger partial charge >= 0.3 is 0 Å². The molecule has 0 amide bonds. The molecule has 0 spiro atoms. The highest BCUT2D eigenvalue weighted by molar-refractivity contribution is 7.23. The van der Waals surface area contributed by atoms with Crippen molar-refractivity contribution in [3.63, 3.8) is 0 Å². The van der Waals surface area contributed by atoms with Crippen LogP contribution in [0, 0.1) is 6.92 Å². The SMILES string of the molecule is Cc1c(-c2ccc(N)cc2)sc2c(NN=Cc3cccs3)ncnc12. The first-order chi connectivity index (χ1) is 12.2. The molecule has 0 unspecified atom stereocenters. The van der Waals surface area contributed by atoms with E-state index in [2.05, 4.69) is 27.4 Å². The molecule has 0 atom stereocenters. The number of aromatic nitrogens is 2. The monoisotopic (exact) mass is 365 g/mol. The molecule has 7 heteroatoms. The molecule has 1 aromatic carbocycles. The number of hydrogen-bond acceptors (Lipinski definition) is 7. The lowest BCUT2D eigenvalue weighted by Gasteiger charge is -2.00. The molecule has 3 heterocycles. The molecule has 0 aliphatic heterocycles. The van der Waals surface area contributed by atoms with E-state index in [0.717, 1.165) is 31.9 Å². The molecule has 0 fully saturated rings. The number of hydrazone groups is 1. The molecule has 3 aromatic heterocycles. The normalized spacial score (nSPS) is 11.4. The summed E-state index contributed by atoms with van der Waals surface area (Å²) >= 11 is 3.29. The van der Waals surface area contributed by atoms with Gasteiger partial charge in [0, 0.05) is 15.4 Å². The number of thiophene rings is 2. The lowest BCUT2D eigenvalue weighted by Crippen LogP contribution is -1.93. The zero-order valence-electron chi connectivity index (χ0n) is 13.4. The fourth-order valence-electron chi connectivity index (χ4n) is 2.54. The summed E-state index contributed by atoms with van der Waals surface area (Å²) in [7, 11) is 0. The van der Waals surface area contributed by atoms with Crippen molar-refractivity contribution in [1.82, 2.24) is 9.97 Å². The molecule has 3 N–H and O–H groups in total. The third-order valence-corrected chi connectivity index (χ3v) is 5.93. The predicted molar refractivity (Wildman–Crippen MR) is 108 cm³/mol. The second-order valence-corrected chi connectivity index (χ2v) is 7.46. The Morgan fingerprint density at radius 3 is 2.76 bits per heavy atom. The third kappa shape index (κ3) is 3.11. The Kier molecular flexibility index (Phi) is 4.17. The summed E-state index contributed by atoms with van der Waals surface area (Å²) in [5.74, 6) is 0.715. The van der Waals surface area contributed by atoms with E-state index in [1.165, 1.54) is 4.88 Å². The van der Waals surface area contributed by atoms with Crippen LogP contribution in [-0.2, 0) is 0 Å². The molecule has 0 saturated carbocycles. The maximum Gasteiger partial charge on any atom is 0.167 e. The number of nitrogens with one attached hydrogen (secondary N) is 1. The first-order valence-electron chi connectivity index (χ1n) is 7.65. The first kappa shape index (κ1) is 15.7. The quantitative estimate of drug-likeness (QED) is 0.311. The number of nitrogens with two attached hydrogens (primary N) is 1. The Morgan fingerprint density at radius 1 is 1.16 bits per heavy atom. The van der Waals surface area contributed by atoms with Gasteiger partial charge in [-0.25, -0.2) is 9.97 Å². The van der Waals surface area contributed by atoms with Gasteiger partial charge in [-0.15, -0.1) is 22.7 Å². The van der Waals surface area contributed by atoms with Gasteiger partial charge in [0.2, 0.25) is 0 Å². The minimum atomic E-state index is 0.715. The third-order valence-electron chi connectivity index (χ3n) is 3.78. The average Bonchev–Trinajstić information content (AvgIpc) is 3.25. The van der Waals surface area contributed by atoms with Gasteiger partial charge in [-0.05, 0) is 41.6 Å². The average molecular weight is 365 g/mol. The number of nitrogen functional groups attached to an aromatic ring is 1. The zero-order valence-corrected chi connectivity index (χ0v) is 15.1. The Hall–Kier alpha value is -2.77. The van der Waals surface area contributed by atoms with Gasteiger partial charge in [0.15, 0.2) is 5.82 Å². The van der Waals surface area contributed by atoms with Crippen molar-refractivity contribution in [2.24, 2.45) is 5.10 Å². The van der Waals surface area contributed by atoms with Crippen molar-refractivity contribution in [3.8, 4) is 10.4 Å². The molecule has 124 valence electrons. The maximum atomic E-state index is 5.79. The molecule has 0 radical (unpaired) electrons. The lowest BCUT2D eigenvalue weighted by atomic mass is 10.1. The molecule has 4 rings (SSSR count). The van der Waals surface area contributed by atoms with Crippen LogP contribution in [0.4, 0.5) is 11.5 Å². The van der Waals surface area contributed by atoms with Gasteiger partial charge in [0.1, 0.15) is 6.33 Å². The summed E-state index contributed by atoms with van der Waals surface area (Å²) in [6.07, 6.45) is 3.36. The highest BCUT2D eigenvalue weighted by atomic mass is 32.1. The summed E-state index contributed by atoms with van der Waals surface area (Å²) < 4.78 is 0.996. The standard InChI is InChI=1S/C18H15N5S2/c1-11-15-17(25-16(11)12-4-6-13(19)7-5-12)18(21-10-20-15)23-22-9-14-3-2-8-24-14/h2-10H,19H2,1H3,(H,20,21,23). The van der Waals surface area contributed by atoms with Gasteiger partial charge in [-0.3, -0.25) is 5.43 Å². The fourth-order valence-corrected chi connectivity index (χ4v) is 4.33. The molecule has 0 bridgehead atoms. The summed E-state index contributed by atoms with van der Waals surface area (Å²) in [5.41, 5.74) is 12.8. The number of rotatable bonds is 4. The van der Waals surface area contributed by atoms with Crippen LogP contribution >= 0.6 is 22.7 Å². The second kappa shape index (κ2) is 6.62. The molecule has 5 nitrogen and oxygen atoms in total. The highest BCUT2D eigenvalue weighted by Gasteiger charge is 2.14. The van der Waals surface area contributed by atoms with Crippen LogP contribution in [0.2, 0.25) is 0 Å². The molecule has 25 heavy (non-hydrogen) atoms. The van der Waals surface area contributed by atoms with Crippen molar-refractivity contribution < 1.29 is 0 Å². The van der Waals surface area contributed by atoms with E-state index in [1.54, 1.807) is 35.2 Å².